The SMILES string of the molecule is CCCCCCN=C(C)C(CCC)C(=O)O. The first-order valence-corrected chi connectivity index (χ1v) is 6.37. The van der Waals surface area contributed by atoms with E-state index in [1.807, 2.05) is 13.8 Å². The number of carboxylic acid groups (broad SMARTS) is 1. The molecule has 0 rings (SSSR count). The Morgan fingerprint density at radius 3 is 2.38 bits per heavy atom. The highest BCUT2D eigenvalue weighted by Crippen LogP contribution is 2.10. The second-order valence-corrected chi connectivity index (χ2v) is 4.26. The molecule has 0 spiro atoms. The van der Waals surface area contributed by atoms with Gasteiger partial charge in [0, 0.05) is 12.3 Å². The fourth-order valence-corrected chi connectivity index (χ4v) is 1.70. The Morgan fingerprint density at radius 2 is 1.88 bits per heavy atom. The molecule has 0 saturated carbocycles. The van der Waals surface area contributed by atoms with E-state index >= 15 is 0 Å². The second-order valence-electron chi connectivity index (χ2n) is 4.26. The number of rotatable bonds is 9. The van der Waals surface area contributed by atoms with Gasteiger partial charge in [-0.25, -0.2) is 0 Å². The summed E-state index contributed by atoms with van der Waals surface area (Å²) in [5.41, 5.74) is 0.783. The van der Waals surface area contributed by atoms with Crippen LogP contribution in [0.25, 0.3) is 0 Å². The Balaban J connectivity index is 4.01. The van der Waals surface area contributed by atoms with Gasteiger partial charge >= 0.3 is 5.97 Å². The number of hydrogen-bond donors (Lipinski definition) is 1. The van der Waals surface area contributed by atoms with Crippen molar-refractivity contribution in [1.82, 2.24) is 0 Å². The molecule has 0 heterocycles. The highest BCUT2D eigenvalue weighted by atomic mass is 16.4. The first kappa shape index (κ1) is 15.1. The summed E-state index contributed by atoms with van der Waals surface area (Å²) in [6, 6.07) is 0. The molecule has 0 aliphatic carbocycles. The number of carbonyl (C=O) groups is 1. The Kier molecular flexibility index (Phi) is 8.87. The monoisotopic (exact) mass is 227 g/mol. The minimum Gasteiger partial charge on any atom is -0.481 e. The molecule has 0 radical (unpaired) electrons. The van der Waals surface area contributed by atoms with Crippen LogP contribution >= 0.6 is 0 Å². The Labute approximate surface area is 99.0 Å². The fraction of sp³-hybridized carbons (Fsp3) is 0.846. The third-order valence-electron chi connectivity index (χ3n) is 2.75. The van der Waals surface area contributed by atoms with E-state index in [1.54, 1.807) is 0 Å². The molecular weight excluding hydrogens is 202 g/mol. The maximum Gasteiger partial charge on any atom is 0.312 e. The molecule has 0 aromatic carbocycles. The zero-order valence-electron chi connectivity index (χ0n) is 10.8. The van der Waals surface area contributed by atoms with E-state index < -0.39 is 5.97 Å². The van der Waals surface area contributed by atoms with Crippen LogP contribution in [0, 0.1) is 5.92 Å². The van der Waals surface area contributed by atoms with E-state index in [0.717, 1.165) is 25.1 Å². The summed E-state index contributed by atoms with van der Waals surface area (Å²) >= 11 is 0. The summed E-state index contributed by atoms with van der Waals surface area (Å²) in [6.07, 6.45) is 6.31. The van der Waals surface area contributed by atoms with E-state index in [0.29, 0.717) is 6.42 Å². The molecule has 0 saturated heterocycles. The van der Waals surface area contributed by atoms with Crippen LogP contribution < -0.4 is 0 Å². The summed E-state index contributed by atoms with van der Waals surface area (Å²) in [5, 5.41) is 9.03. The second kappa shape index (κ2) is 9.37. The number of nitrogens with zero attached hydrogens (tertiary/aromatic N) is 1. The first-order valence-electron chi connectivity index (χ1n) is 6.37. The van der Waals surface area contributed by atoms with Gasteiger partial charge in [0.15, 0.2) is 0 Å². The van der Waals surface area contributed by atoms with E-state index in [2.05, 4.69) is 11.9 Å². The Hall–Kier alpha value is -0.860. The van der Waals surface area contributed by atoms with E-state index in [-0.39, 0.29) is 5.92 Å². The minimum absolute atomic E-state index is 0.379. The lowest BCUT2D eigenvalue weighted by Gasteiger charge is -2.10. The van der Waals surface area contributed by atoms with Crippen LogP contribution in [-0.4, -0.2) is 23.3 Å². The standard InChI is InChI=1S/C13H25NO2/c1-4-6-7-8-10-14-11(3)12(9-5-2)13(15)16/h12H,4-10H2,1-3H3,(H,15,16). The number of carboxylic acids is 1. The van der Waals surface area contributed by atoms with Gasteiger partial charge in [-0.15, -0.1) is 0 Å². The van der Waals surface area contributed by atoms with Crippen molar-refractivity contribution in [2.24, 2.45) is 10.9 Å². The Morgan fingerprint density at radius 1 is 1.19 bits per heavy atom. The van der Waals surface area contributed by atoms with Gasteiger partial charge < -0.3 is 5.11 Å². The number of aliphatic carboxylic acids is 1. The van der Waals surface area contributed by atoms with Crippen LogP contribution in [0.5, 0.6) is 0 Å². The third kappa shape index (κ3) is 6.59. The van der Waals surface area contributed by atoms with Gasteiger partial charge in [0.05, 0.1) is 5.92 Å². The quantitative estimate of drug-likeness (QED) is 0.484. The van der Waals surface area contributed by atoms with Crippen molar-refractivity contribution >= 4 is 11.7 Å². The van der Waals surface area contributed by atoms with E-state index in [1.165, 1.54) is 19.3 Å². The molecule has 0 aromatic heterocycles. The van der Waals surface area contributed by atoms with Crippen molar-refractivity contribution in [2.75, 3.05) is 6.54 Å². The van der Waals surface area contributed by atoms with Crippen LogP contribution in [0.2, 0.25) is 0 Å². The smallest absolute Gasteiger partial charge is 0.312 e. The lowest BCUT2D eigenvalue weighted by molar-refractivity contribution is -0.139. The number of aliphatic imine (C=N–C) groups is 1. The molecule has 94 valence electrons. The zero-order chi connectivity index (χ0) is 12.4. The molecular formula is C13H25NO2. The van der Waals surface area contributed by atoms with Gasteiger partial charge in [0.1, 0.15) is 0 Å². The van der Waals surface area contributed by atoms with Crippen molar-refractivity contribution in [3.8, 4) is 0 Å². The fourth-order valence-electron chi connectivity index (χ4n) is 1.70. The number of unbranched alkanes of at least 4 members (excludes halogenated alkanes) is 3. The predicted octanol–water partition coefficient (Wildman–Crippen LogP) is 3.53. The topological polar surface area (TPSA) is 49.7 Å². The molecule has 1 N–H and O–H groups in total. The summed E-state index contributed by atoms with van der Waals surface area (Å²) in [4.78, 5) is 15.4. The first-order chi connectivity index (χ1) is 7.63. The van der Waals surface area contributed by atoms with E-state index in [9.17, 15) is 4.79 Å². The molecule has 0 bridgehead atoms. The van der Waals surface area contributed by atoms with E-state index in [4.69, 9.17) is 5.11 Å². The van der Waals surface area contributed by atoms with Gasteiger partial charge in [0.25, 0.3) is 0 Å². The maximum atomic E-state index is 11.0. The lowest BCUT2D eigenvalue weighted by atomic mass is 9.99. The molecule has 3 heteroatoms. The van der Waals surface area contributed by atoms with Crippen LogP contribution in [0.3, 0.4) is 0 Å². The zero-order valence-corrected chi connectivity index (χ0v) is 10.8. The van der Waals surface area contributed by atoms with Crippen LogP contribution in [0.4, 0.5) is 0 Å². The molecule has 16 heavy (non-hydrogen) atoms. The average Bonchev–Trinajstić information content (AvgIpc) is 2.24. The van der Waals surface area contributed by atoms with Gasteiger partial charge in [-0.2, -0.15) is 0 Å². The minimum atomic E-state index is -0.739. The molecule has 0 aliphatic heterocycles. The van der Waals surface area contributed by atoms with Crippen LogP contribution in [-0.2, 0) is 4.79 Å². The van der Waals surface area contributed by atoms with Crippen molar-refractivity contribution in [2.45, 2.75) is 59.3 Å². The molecule has 0 aliphatic rings. The highest BCUT2D eigenvalue weighted by molar-refractivity contribution is 6.00. The Bertz CT molecular complexity index is 224. The largest absolute Gasteiger partial charge is 0.481 e. The summed E-state index contributed by atoms with van der Waals surface area (Å²) in [7, 11) is 0. The van der Waals surface area contributed by atoms with Gasteiger partial charge in [-0.05, 0) is 19.8 Å². The van der Waals surface area contributed by atoms with Crippen molar-refractivity contribution < 1.29 is 9.90 Å². The molecule has 0 amide bonds. The number of hydrogen-bond acceptors (Lipinski definition) is 2. The molecule has 0 aromatic rings. The average molecular weight is 227 g/mol. The molecule has 0 fully saturated rings. The van der Waals surface area contributed by atoms with Crippen LogP contribution in [0.15, 0.2) is 4.99 Å². The predicted molar refractivity (Wildman–Crippen MR) is 68.2 cm³/mol. The summed E-state index contributed by atoms with van der Waals surface area (Å²) in [6.45, 7) is 6.80. The highest BCUT2D eigenvalue weighted by Gasteiger charge is 2.18. The van der Waals surface area contributed by atoms with Gasteiger partial charge in [-0.3, -0.25) is 9.79 Å². The van der Waals surface area contributed by atoms with Gasteiger partial charge in [-0.1, -0.05) is 39.5 Å². The van der Waals surface area contributed by atoms with Gasteiger partial charge in [0.2, 0.25) is 0 Å². The third-order valence-corrected chi connectivity index (χ3v) is 2.75. The van der Waals surface area contributed by atoms with Crippen LogP contribution in [0.1, 0.15) is 59.3 Å². The maximum absolute atomic E-state index is 11.0. The normalized spacial score (nSPS) is 13.8. The van der Waals surface area contributed by atoms with Crippen molar-refractivity contribution in [3.63, 3.8) is 0 Å². The summed E-state index contributed by atoms with van der Waals surface area (Å²) < 4.78 is 0. The molecule has 3 nitrogen and oxygen atoms in total. The summed E-state index contributed by atoms with van der Waals surface area (Å²) in [5.74, 6) is -1.12. The molecule has 1 atom stereocenters. The molecule has 1 unspecified atom stereocenters. The van der Waals surface area contributed by atoms with Crippen molar-refractivity contribution in [1.29, 1.82) is 0 Å². The van der Waals surface area contributed by atoms with Crippen molar-refractivity contribution in [3.05, 3.63) is 0 Å². The lowest BCUT2D eigenvalue weighted by Crippen LogP contribution is -2.21.